The number of carboxylic acids is 1. The number of nitrogens with one attached hydrogen (secondary N) is 1. The summed E-state index contributed by atoms with van der Waals surface area (Å²) >= 11 is 0. The molecule has 0 saturated carbocycles. The molecule has 1 aromatic rings. The number of carbonyl (C=O) groups excluding carboxylic acids is 1. The predicted octanol–water partition coefficient (Wildman–Crippen LogP) is 3.81. The number of rotatable bonds is 12. The first-order valence-electron chi connectivity index (χ1n) is 10.5. The fourth-order valence-corrected chi connectivity index (χ4v) is 3.49. The monoisotopic (exact) mass is 433 g/mol. The van der Waals surface area contributed by atoms with Crippen molar-refractivity contribution in [1.82, 2.24) is 25.0 Å². The highest BCUT2D eigenvalue weighted by molar-refractivity contribution is 5.74. The van der Waals surface area contributed by atoms with Gasteiger partial charge in [0.1, 0.15) is 0 Å². The third-order valence-corrected chi connectivity index (χ3v) is 5.14. The molecule has 8 nitrogen and oxygen atoms in total. The van der Waals surface area contributed by atoms with Gasteiger partial charge < -0.3 is 19.9 Å². The molecule has 1 aromatic heterocycles. The standard InChI is InChI=1S/C19H30F3N5O3/c20-19(21,22)17-25-24-15-14-26(12-13-27(15)17)18(30)23-11-9-7-5-3-1-2-4-6-8-10-16(28)29/h1-14H2,(H,23,30)(H,28,29). The molecule has 0 saturated heterocycles. The van der Waals surface area contributed by atoms with Crippen LogP contribution in [0.4, 0.5) is 18.0 Å². The first-order valence-corrected chi connectivity index (χ1v) is 10.5. The van der Waals surface area contributed by atoms with Gasteiger partial charge in [0.15, 0.2) is 5.82 Å². The summed E-state index contributed by atoms with van der Waals surface area (Å²) in [6, 6.07) is -0.292. The van der Waals surface area contributed by atoms with E-state index < -0.39 is 18.0 Å². The van der Waals surface area contributed by atoms with E-state index in [4.69, 9.17) is 5.11 Å². The molecule has 11 heteroatoms. The van der Waals surface area contributed by atoms with Crippen molar-refractivity contribution in [3.8, 4) is 0 Å². The molecule has 2 rings (SSSR count). The first kappa shape index (κ1) is 23.9. The lowest BCUT2D eigenvalue weighted by Crippen LogP contribution is -2.45. The topological polar surface area (TPSA) is 100 Å². The van der Waals surface area contributed by atoms with Gasteiger partial charge in [0.2, 0.25) is 5.82 Å². The maximum absolute atomic E-state index is 12.8. The number of unbranched alkanes of at least 4 members (excludes halogenated alkanes) is 8. The smallest absolute Gasteiger partial charge is 0.451 e. The Labute approximate surface area is 173 Å². The van der Waals surface area contributed by atoms with Crippen molar-refractivity contribution in [2.24, 2.45) is 0 Å². The molecular weight excluding hydrogens is 403 g/mol. The molecule has 0 aromatic carbocycles. The minimum Gasteiger partial charge on any atom is -0.481 e. The number of urea groups is 1. The Morgan fingerprint density at radius 3 is 2.13 bits per heavy atom. The van der Waals surface area contributed by atoms with Crippen LogP contribution in [0.15, 0.2) is 0 Å². The van der Waals surface area contributed by atoms with E-state index in [0.29, 0.717) is 6.54 Å². The van der Waals surface area contributed by atoms with Gasteiger partial charge in [-0.2, -0.15) is 13.2 Å². The average molecular weight is 433 g/mol. The summed E-state index contributed by atoms with van der Waals surface area (Å²) in [6.45, 7) is 0.764. The van der Waals surface area contributed by atoms with Crippen LogP contribution in [0.2, 0.25) is 0 Å². The molecule has 30 heavy (non-hydrogen) atoms. The van der Waals surface area contributed by atoms with Gasteiger partial charge in [-0.1, -0.05) is 44.9 Å². The van der Waals surface area contributed by atoms with E-state index in [-0.39, 0.29) is 37.9 Å². The average Bonchev–Trinajstić information content (AvgIpc) is 3.12. The number of alkyl halides is 3. The van der Waals surface area contributed by atoms with Gasteiger partial charge in [0.25, 0.3) is 0 Å². The lowest BCUT2D eigenvalue weighted by molar-refractivity contribution is -0.148. The Hall–Kier alpha value is -2.33. The number of halogens is 3. The Morgan fingerprint density at radius 1 is 0.933 bits per heavy atom. The molecule has 2 amide bonds. The molecule has 2 N–H and O–H groups in total. The molecule has 1 aliphatic heterocycles. The number of hydrogen-bond acceptors (Lipinski definition) is 4. The second-order valence-corrected chi connectivity index (χ2v) is 7.57. The number of carbonyl (C=O) groups is 2. The van der Waals surface area contributed by atoms with E-state index >= 15 is 0 Å². The van der Waals surface area contributed by atoms with Crippen LogP contribution in [-0.2, 0) is 24.1 Å². The van der Waals surface area contributed by atoms with E-state index in [1.807, 2.05) is 0 Å². The summed E-state index contributed by atoms with van der Waals surface area (Å²) in [5, 5.41) is 18.2. The molecule has 2 heterocycles. The third-order valence-electron chi connectivity index (χ3n) is 5.14. The van der Waals surface area contributed by atoms with Crippen LogP contribution >= 0.6 is 0 Å². The summed E-state index contributed by atoms with van der Waals surface area (Å²) < 4.78 is 39.5. The molecular formula is C19H30F3N5O3. The maximum atomic E-state index is 12.8. The fraction of sp³-hybridized carbons (Fsp3) is 0.789. The van der Waals surface area contributed by atoms with Crippen LogP contribution in [0.5, 0.6) is 0 Å². The largest absolute Gasteiger partial charge is 0.481 e. The van der Waals surface area contributed by atoms with Crippen molar-refractivity contribution >= 4 is 12.0 Å². The van der Waals surface area contributed by atoms with Crippen LogP contribution in [0.1, 0.15) is 75.9 Å². The van der Waals surface area contributed by atoms with E-state index in [1.54, 1.807) is 0 Å². The summed E-state index contributed by atoms with van der Waals surface area (Å²) in [4.78, 5) is 24.1. The second kappa shape index (κ2) is 11.8. The minimum absolute atomic E-state index is 0.0153. The van der Waals surface area contributed by atoms with Gasteiger partial charge in [0.05, 0.1) is 6.54 Å². The molecule has 0 aliphatic carbocycles. The van der Waals surface area contributed by atoms with E-state index in [9.17, 15) is 22.8 Å². The highest BCUT2D eigenvalue weighted by Crippen LogP contribution is 2.29. The Kier molecular flexibility index (Phi) is 9.38. The predicted molar refractivity (Wildman–Crippen MR) is 103 cm³/mol. The van der Waals surface area contributed by atoms with Gasteiger partial charge >= 0.3 is 18.2 Å². The molecule has 0 atom stereocenters. The quantitative estimate of drug-likeness (QED) is 0.488. The zero-order valence-electron chi connectivity index (χ0n) is 17.1. The summed E-state index contributed by atoms with van der Waals surface area (Å²) in [6.07, 6.45) is 4.78. The SMILES string of the molecule is O=C(O)CCCCCCCCCCCNC(=O)N1CCn2c(nnc2C(F)(F)F)C1. The van der Waals surface area contributed by atoms with Crippen molar-refractivity contribution in [3.05, 3.63) is 11.6 Å². The Bertz CT molecular complexity index is 693. The van der Waals surface area contributed by atoms with Gasteiger partial charge in [-0.15, -0.1) is 10.2 Å². The molecule has 0 bridgehead atoms. The fourth-order valence-electron chi connectivity index (χ4n) is 3.49. The van der Waals surface area contributed by atoms with Gasteiger partial charge in [-0.05, 0) is 12.8 Å². The van der Waals surface area contributed by atoms with Gasteiger partial charge in [-0.3, -0.25) is 4.79 Å². The number of carboxylic acid groups (broad SMARTS) is 1. The van der Waals surface area contributed by atoms with E-state index in [2.05, 4.69) is 15.5 Å². The normalized spacial score (nSPS) is 13.9. The van der Waals surface area contributed by atoms with Crippen LogP contribution in [-0.4, -0.2) is 49.9 Å². The molecule has 1 aliphatic rings. The highest BCUT2D eigenvalue weighted by atomic mass is 19.4. The minimum atomic E-state index is -4.55. The third kappa shape index (κ3) is 7.83. The van der Waals surface area contributed by atoms with Crippen LogP contribution < -0.4 is 5.32 Å². The molecule has 170 valence electrons. The van der Waals surface area contributed by atoms with Crippen molar-refractivity contribution in [2.75, 3.05) is 13.1 Å². The molecule has 0 fully saturated rings. The number of nitrogens with zero attached hydrogens (tertiary/aromatic N) is 4. The summed E-state index contributed by atoms with van der Waals surface area (Å²) in [7, 11) is 0. The van der Waals surface area contributed by atoms with Crippen LogP contribution in [0.25, 0.3) is 0 Å². The molecule has 0 spiro atoms. The first-order chi connectivity index (χ1) is 14.3. The Morgan fingerprint density at radius 2 is 1.53 bits per heavy atom. The van der Waals surface area contributed by atoms with Crippen LogP contribution in [0.3, 0.4) is 0 Å². The summed E-state index contributed by atoms with van der Waals surface area (Å²) in [5.74, 6) is -1.61. The second-order valence-electron chi connectivity index (χ2n) is 7.57. The van der Waals surface area contributed by atoms with E-state index in [0.717, 1.165) is 62.4 Å². The number of hydrogen-bond donors (Lipinski definition) is 2. The zero-order chi connectivity index (χ0) is 22.0. The molecule has 0 radical (unpaired) electrons. The Balaban J connectivity index is 1.51. The van der Waals surface area contributed by atoms with Crippen molar-refractivity contribution in [3.63, 3.8) is 0 Å². The zero-order valence-corrected chi connectivity index (χ0v) is 17.1. The lowest BCUT2D eigenvalue weighted by Gasteiger charge is -2.28. The molecule has 0 unspecified atom stereocenters. The number of fused-ring (bicyclic) bond motifs is 1. The van der Waals surface area contributed by atoms with Crippen molar-refractivity contribution in [2.45, 2.75) is 83.5 Å². The van der Waals surface area contributed by atoms with Crippen molar-refractivity contribution in [1.29, 1.82) is 0 Å². The summed E-state index contributed by atoms with van der Waals surface area (Å²) in [5.41, 5.74) is 0. The van der Waals surface area contributed by atoms with Gasteiger partial charge in [0, 0.05) is 26.1 Å². The number of aliphatic carboxylic acids is 1. The number of amides is 2. The van der Waals surface area contributed by atoms with Gasteiger partial charge in [-0.25, -0.2) is 4.79 Å². The van der Waals surface area contributed by atoms with Crippen LogP contribution in [0, 0.1) is 0 Å². The maximum Gasteiger partial charge on any atom is 0.451 e. The number of aromatic nitrogens is 3. The highest BCUT2D eigenvalue weighted by Gasteiger charge is 2.39. The van der Waals surface area contributed by atoms with Crippen molar-refractivity contribution < 1.29 is 27.9 Å². The lowest BCUT2D eigenvalue weighted by atomic mass is 10.1. The van der Waals surface area contributed by atoms with E-state index in [1.165, 1.54) is 4.90 Å².